The minimum Gasteiger partial charge on any atom is -0.356 e. The van der Waals surface area contributed by atoms with Gasteiger partial charge < -0.3 is 9.80 Å². The normalized spacial score (nSPS) is 20.3. The van der Waals surface area contributed by atoms with Crippen LogP contribution in [0.25, 0.3) is 0 Å². The Balaban J connectivity index is 1.49. The van der Waals surface area contributed by atoms with Crippen molar-refractivity contribution in [3.8, 4) is 0 Å². The van der Waals surface area contributed by atoms with E-state index in [0.29, 0.717) is 5.92 Å². The molecule has 1 amide bonds. The van der Waals surface area contributed by atoms with Gasteiger partial charge >= 0.3 is 0 Å². The molecular formula is C20H22ClN3O. The molecule has 1 aromatic heterocycles. The number of carbonyl (C=O) groups is 1. The zero-order valence-corrected chi connectivity index (χ0v) is 15.0. The van der Waals surface area contributed by atoms with Crippen LogP contribution in [-0.4, -0.2) is 42.0 Å². The number of carbonyl (C=O) groups excluding carboxylic acids is 1. The van der Waals surface area contributed by atoms with Crippen molar-refractivity contribution in [1.29, 1.82) is 0 Å². The lowest BCUT2D eigenvalue weighted by Crippen LogP contribution is -2.40. The van der Waals surface area contributed by atoms with E-state index in [1.54, 1.807) is 6.20 Å². The van der Waals surface area contributed by atoms with Crippen LogP contribution in [0.4, 0.5) is 5.82 Å². The maximum Gasteiger partial charge on any atom is 0.254 e. The fraction of sp³-hybridized carbons (Fsp3) is 0.400. The molecule has 130 valence electrons. The molecule has 3 heterocycles. The minimum atomic E-state index is 0.114. The van der Waals surface area contributed by atoms with Crippen molar-refractivity contribution < 1.29 is 4.79 Å². The Morgan fingerprint density at radius 1 is 1.08 bits per heavy atom. The first kappa shape index (κ1) is 16.4. The average Bonchev–Trinajstić information content (AvgIpc) is 2.61. The molecule has 0 bridgehead atoms. The van der Waals surface area contributed by atoms with Crippen LogP contribution in [-0.2, 0) is 0 Å². The number of anilines is 1. The molecule has 0 spiro atoms. The van der Waals surface area contributed by atoms with E-state index in [9.17, 15) is 4.79 Å². The van der Waals surface area contributed by atoms with E-state index >= 15 is 0 Å². The first-order chi connectivity index (χ1) is 12.2. The number of halogens is 1. The Hall–Kier alpha value is -2.07. The van der Waals surface area contributed by atoms with Crippen molar-refractivity contribution in [2.75, 3.05) is 31.1 Å². The molecule has 0 aliphatic carbocycles. The Morgan fingerprint density at radius 3 is 2.60 bits per heavy atom. The number of likely N-dealkylation sites (tertiary alicyclic amines) is 1. The highest BCUT2D eigenvalue weighted by Gasteiger charge is 2.26. The highest BCUT2D eigenvalue weighted by Crippen LogP contribution is 2.29. The van der Waals surface area contributed by atoms with E-state index in [1.807, 2.05) is 29.2 Å². The highest BCUT2D eigenvalue weighted by molar-refractivity contribution is 6.30. The van der Waals surface area contributed by atoms with Crippen molar-refractivity contribution in [3.63, 3.8) is 0 Å². The van der Waals surface area contributed by atoms with E-state index < -0.39 is 0 Å². The zero-order valence-electron chi connectivity index (χ0n) is 14.2. The summed E-state index contributed by atoms with van der Waals surface area (Å²) < 4.78 is 0. The maximum atomic E-state index is 13.0. The van der Waals surface area contributed by atoms with Crippen LogP contribution >= 0.6 is 11.6 Å². The van der Waals surface area contributed by atoms with E-state index in [0.717, 1.165) is 55.4 Å². The number of rotatable bonds is 3. The number of benzene rings is 1. The summed E-state index contributed by atoms with van der Waals surface area (Å²) in [6.45, 7) is 3.66. The van der Waals surface area contributed by atoms with Crippen LogP contribution in [0.2, 0.25) is 5.02 Å². The molecule has 25 heavy (non-hydrogen) atoms. The van der Waals surface area contributed by atoms with Crippen LogP contribution in [0.15, 0.2) is 42.6 Å². The third-order valence-corrected chi connectivity index (χ3v) is 5.47. The van der Waals surface area contributed by atoms with Gasteiger partial charge in [-0.3, -0.25) is 4.79 Å². The molecule has 1 aromatic carbocycles. The smallest absolute Gasteiger partial charge is 0.254 e. The molecule has 2 aliphatic rings. The lowest BCUT2D eigenvalue weighted by Gasteiger charge is -2.34. The number of hydrogen-bond acceptors (Lipinski definition) is 3. The molecule has 4 rings (SSSR count). The second-order valence-corrected chi connectivity index (χ2v) is 7.32. The lowest BCUT2D eigenvalue weighted by molar-refractivity contribution is 0.0707. The Labute approximate surface area is 153 Å². The molecule has 2 aliphatic heterocycles. The molecule has 0 N–H and O–H groups in total. The van der Waals surface area contributed by atoms with Gasteiger partial charge in [-0.25, -0.2) is 4.98 Å². The zero-order chi connectivity index (χ0) is 17.2. The Bertz CT molecular complexity index is 758. The first-order valence-electron chi connectivity index (χ1n) is 8.96. The third kappa shape index (κ3) is 3.49. The number of nitrogens with zero attached hydrogens (tertiary/aromatic N) is 3. The molecule has 1 unspecified atom stereocenters. The molecular weight excluding hydrogens is 334 g/mol. The van der Waals surface area contributed by atoms with Gasteiger partial charge in [0.2, 0.25) is 0 Å². The predicted octanol–water partition coefficient (Wildman–Crippen LogP) is 3.96. The summed E-state index contributed by atoms with van der Waals surface area (Å²) in [6, 6.07) is 11.8. The Kier molecular flexibility index (Phi) is 4.62. The summed E-state index contributed by atoms with van der Waals surface area (Å²) in [5.41, 5.74) is 2.01. The Morgan fingerprint density at radius 2 is 1.88 bits per heavy atom. The topological polar surface area (TPSA) is 36.4 Å². The van der Waals surface area contributed by atoms with E-state index in [-0.39, 0.29) is 5.91 Å². The van der Waals surface area contributed by atoms with Crippen molar-refractivity contribution >= 4 is 23.3 Å². The number of aromatic nitrogens is 1. The number of pyridine rings is 1. The SMILES string of the molecule is O=C(c1ccnc(N2CCC2)c1)N1CCCC(c2ccc(Cl)cc2)C1. The molecule has 2 fully saturated rings. The maximum absolute atomic E-state index is 13.0. The summed E-state index contributed by atoms with van der Waals surface area (Å²) in [4.78, 5) is 21.6. The number of piperidine rings is 1. The number of hydrogen-bond donors (Lipinski definition) is 0. The predicted molar refractivity (Wildman–Crippen MR) is 100 cm³/mol. The second kappa shape index (κ2) is 7.04. The molecule has 1 atom stereocenters. The first-order valence-corrected chi connectivity index (χ1v) is 9.34. The lowest BCUT2D eigenvalue weighted by atomic mass is 9.90. The fourth-order valence-electron chi connectivity index (χ4n) is 3.62. The van der Waals surface area contributed by atoms with Gasteiger partial charge in [0.15, 0.2) is 0 Å². The van der Waals surface area contributed by atoms with E-state index in [4.69, 9.17) is 11.6 Å². The van der Waals surface area contributed by atoms with Crippen molar-refractivity contribution in [2.45, 2.75) is 25.2 Å². The molecule has 2 aromatic rings. The van der Waals surface area contributed by atoms with E-state index in [1.165, 1.54) is 12.0 Å². The molecule has 4 nitrogen and oxygen atoms in total. The molecule has 2 saturated heterocycles. The molecule has 0 radical (unpaired) electrons. The third-order valence-electron chi connectivity index (χ3n) is 5.22. The summed E-state index contributed by atoms with van der Waals surface area (Å²) >= 11 is 5.99. The molecule has 0 saturated carbocycles. The van der Waals surface area contributed by atoms with Gasteiger partial charge in [-0.05, 0) is 49.1 Å². The summed E-state index contributed by atoms with van der Waals surface area (Å²) in [7, 11) is 0. The van der Waals surface area contributed by atoms with Gasteiger partial charge in [0.25, 0.3) is 5.91 Å². The van der Waals surface area contributed by atoms with Gasteiger partial charge in [-0.1, -0.05) is 23.7 Å². The quantitative estimate of drug-likeness (QED) is 0.836. The van der Waals surface area contributed by atoms with Crippen molar-refractivity contribution in [1.82, 2.24) is 9.88 Å². The van der Waals surface area contributed by atoms with Gasteiger partial charge in [0, 0.05) is 48.9 Å². The van der Waals surface area contributed by atoms with Crippen molar-refractivity contribution in [3.05, 3.63) is 58.7 Å². The van der Waals surface area contributed by atoms with Crippen LogP contribution in [0.3, 0.4) is 0 Å². The molecule has 5 heteroatoms. The summed E-state index contributed by atoms with van der Waals surface area (Å²) in [5, 5.41) is 0.753. The van der Waals surface area contributed by atoms with Gasteiger partial charge in [-0.15, -0.1) is 0 Å². The average molecular weight is 356 g/mol. The van der Waals surface area contributed by atoms with Gasteiger partial charge in [-0.2, -0.15) is 0 Å². The summed E-state index contributed by atoms with van der Waals surface area (Å²) in [6.07, 6.45) is 5.10. The summed E-state index contributed by atoms with van der Waals surface area (Å²) in [5.74, 6) is 1.41. The fourth-order valence-corrected chi connectivity index (χ4v) is 3.75. The standard InChI is InChI=1S/C20H22ClN3O/c21-18-6-4-15(5-7-18)17-3-1-10-24(14-17)20(25)16-8-9-22-19(13-16)23-11-2-12-23/h4-9,13,17H,1-3,10-12,14H2. The number of amides is 1. The van der Waals surface area contributed by atoms with Gasteiger partial charge in [0.1, 0.15) is 5.82 Å². The van der Waals surface area contributed by atoms with Crippen LogP contribution in [0.1, 0.15) is 41.1 Å². The van der Waals surface area contributed by atoms with Crippen LogP contribution in [0.5, 0.6) is 0 Å². The largest absolute Gasteiger partial charge is 0.356 e. The van der Waals surface area contributed by atoms with Crippen LogP contribution < -0.4 is 4.90 Å². The highest BCUT2D eigenvalue weighted by atomic mass is 35.5. The van der Waals surface area contributed by atoms with E-state index in [2.05, 4.69) is 22.0 Å². The van der Waals surface area contributed by atoms with Crippen LogP contribution in [0, 0.1) is 0 Å². The minimum absolute atomic E-state index is 0.114. The monoisotopic (exact) mass is 355 g/mol. The second-order valence-electron chi connectivity index (χ2n) is 6.89. The van der Waals surface area contributed by atoms with Gasteiger partial charge in [0.05, 0.1) is 0 Å². The van der Waals surface area contributed by atoms with Crippen molar-refractivity contribution in [2.24, 2.45) is 0 Å².